The number of esters is 1. The first-order chi connectivity index (χ1) is 13.4. The number of primary sulfonamides is 1. The summed E-state index contributed by atoms with van der Waals surface area (Å²) < 4.78 is 32.9. The summed E-state index contributed by atoms with van der Waals surface area (Å²) in [4.78, 5) is 12.9. The Morgan fingerprint density at radius 2 is 1.64 bits per heavy atom. The third-order valence-corrected chi connectivity index (χ3v) is 5.74. The molecule has 0 saturated heterocycles. The van der Waals surface area contributed by atoms with Gasteiger partial charge in [0.15, 0.2) is 0 Å². The van der Waals surface area contributed by atoms with Gasteiger partial charge in [-0.25, -0.2) is 13.6 Å². The second kappa shape index (κ2) is 9.09. The van der Waals surface area contributed by atoms with Crippen molar-refractivity contribution in [2.24, 2.45) is 5.14 Å². The number of sulfonamides is 1. The number of hydrogen-bond donors (Lipinski definition) is 1. The molecule has 6 nitrogen and oxygen atoms in total. The van der Waals surface area contributed by atoms with Crippen LogP contribution < -0.4 is 9.88 Å². The van der Waals surface area contributed by atoms with Gasteiger partial charge >= 0.3 is 5.97 Å². The second-order valence-corrected chi connectivity index (χ2v) is 8.49. The van der Waals surface area contributed by atoms with Gasteiger partial charge in [0, 0.05) is 4.90 Å². The van der Waals surface area contributed by atoms with E-state index in [1.54, 1.807) is 0 Å². The molecule has 0 spiro atoms. The summed E-state index contributed by atoms with van der Waals surface area (Å²) in [6, 6.07) is 19.8. The molecule has 0 aliphatic rings. The molecule has 0 amide bonds. The summed E-state index contributed by atoms with van der Waals surface area (Å²) in [6.07, 6.45) is 0. The number of thioether (sulfide) groups is 1. The Morgan fingerprint density at radius 1 is 0.929 bits per heavy atom. The zero-order chi connectivity index (χ0) is 20.0. The number of carbonyl (C=O) groups excluding carboxylic acids is 1. The van der Waals surface area contributed by atoms with Gasteiger partial charge in [-0.2, -0.15) is 0 Å². The molecule has 146 valence electrons. The first-order valence-corrected chi connectivity index (χ1v) is 11.0. The van der Waals surface area contributed by atoms with Gasteiger partial charge in [-0.3, -0.25) is 4.79 Å². The molecule has 8 heteroatoms. The molecular formula is C20H19NO5S2. The van der Waals surface area contributed by atoms with Crippen LogP contribution in [-0.2, 0) is 19.6 Å². The highest BCUT2D eigenvalue weighted by atomic mass is 32.2. The number of benzene rings is 3. The fourth-order valence-electron chi connectivity index (χ4n) is 2.48. The largest absolute Gasteiger partial charge is 0.490 e. The number of hydrogen-bond acceptors (Lipinski definition) is 6. The van der Waals surface area contributed by atoms with Crippen LogP contribution in [0.15, 0.2) is 76.5 Å². The minimum Gasteiger partial charge on any atom is -0.490 e. The van der Waals surface area contributed by atoms with E-state index in [0.29, 0.717) is 5.75 Å². The maximum atomic E-state index is 11.9. The molecule has 0 saturated carbocycles. The van der Waals surface area contributed by atoms with Crippen molar-refractivity contribution in [3.05, 3.63) is 66.7 Å². The molecule has 0 aromatic heterocycles. The Morgan fingerprint density at radius 3 is 2.36 bits per heavy atom. The SMILES string of the molecule is NS(=O)(=O)c1ccc(OCCOC(=O)CSc2ccc3ccccc3c2)cc1. The van der Waals surface area contributed by atoms with Crippen LogP contribution >= 0.6 is 11.8 Å². The number of ether oxygens (including phenoxy) is 2. The van der Waals surface area contributed by atoms with Gasteiger partial charge in [0.05, 0.1) is 10.6 Å². The topological polar surface area (TPSA) is 95.7 Å². The van der Waals surface area contributed by atoms with Crippen LogP contribution in [0, 0.1) is 0 Å². The third kappa shape index (κ3) is 5.72. The average Bonchev–Trinajstić information content (AvgIpc) is 2.69. The van der Waals surface area contributed by atoms with E-state index in [1.807, 2.05) is 42.5 Å². The van der Waals surface area contributed by atoms with Crippen LogP contribution in [0.4, 0.5) is 0 Å². The number of rotatable bonds is 8. The van der Waals surface area contributed by atoms with Crippen LogP contribution in [0.5, 0.6) is 5.75 Å². The molecule has 0 aliphatic heterocycles. The molecule has 0 heterocycles. The van der Waals surface area contributed by atoms with E-state index >= 15 is 0 Å². The predicted octanol–water partition coefficient (Wildman–Crippen LogP) is 3.20. The average molecular weight is 418 g/mol. The van der Waals surface area contributed by atoms with Gasteiger partial charge in [0.25, 0.3) is 0 Å². The predicted molar refractivity (Wildman–Crippen MR) is 109 cm³/mol. The van der Waals surface area contributed by atoms with Crippen molar-refractivity contribution in [3.8, 4) is 5.75 Å². The highest BCUT2D eigenvalue weighted by Crippen LogP contribution is 2.23. The normalized spacial score (nSPS) is 11.3. The summed E-state index contributed by atoms with van der Waals surface area (Å²) in [7, 11) is -3.72. The van der Waals surface area contributed by atoms with Gasteiger partial charge < -0.3 is 9.47 Å². The lowest BCUT2D eigenvalue weighted by Crippen LogP contribution is -2.14. The number of nitrogens with two attached hydrogens (primary N) is 1. The summed E-state index contributed by atoms with van der Waals surface area (Å²) in [6.45, 7) is 0.273. The Kier molecular flexibility index (Phi) is 6.56. The molecule has 3 rings (SSSR count). The molecule has 28 heavy (non-hydrogen) atoms. The molecule has 0 unspecified atom stereocenters. The van der Waals surface area contributed by atoms with Crippen LogP contribution in [0.25, 0.3) is 10.8 Å². The van der Waals surface area contributed by atoms with Gasteiger partial charge in [-0.15, -0.1) is 11.8 Å². The van der Waals surface area contributed by atoms with E-state index in [1.165, 1.54) is 36.0 Å². The molecule has 2 N–H and O–H groups in total. The standard InChI is InChI=1S/C20H19NO5S2/c21-28(23,24)19-9-6-17(7-10-19)25-11-12-26-20(22)14-27-18-8-5-15-3-1-2-4-16(15)13-18/h1-10,13H,11-12,14H2,(H2,21,23,24). The monoisotopic (exact) mass is 417 g/mol. The van der Waals surface area contributed by atoms with Gasteiger partial charge in [-0.05, 0) is 47.2 Å². The van der Waals surface area contributed by atoms with E-state index in [0.717, 1.165) is 15.7 Å². The Hall–Kier alpha value is -2.55. The summed E-state index contributed by atoms with van der Waals surface area (Å²) in [5, 5.41) is 7.32. The first kappa shape index (κ1) is 20.2. The van der Waals surface area contributed by atoms with Crippen molar-refractivity contribution >= 4 is 38.5 Å². The summed E-state index contributed by atoms with van der Waals surface area (Å²) in [5.41, 5.74) is 0. The summed E-state index contributed by atoms with van der Waals surface area (Å²) in [5.74, 6) is 0.349. The lowest BCUT2D eigenvalue weighted by molar-refractivity contribution is -0.141. The molecule has 3 aromatic rings. The molecular weight excluding hydrogens is 398 g/mol. The van der Waals surface area contributed by atoms with Crippen molar-refractivity contribution in [2.45, 2.75) is 9.79 Å². The molecule has 0 atom stereocenters. The quantitative estimate of drug-likeness (QED) is 0.344. The van der Waals surface area contributed by atoms with Crippen LogP contribution in [0.2, 0.25) is 0 Å². The smallest absolute Gasteiger partial charge is 0.316 e. The van der Waals surface area contributed by atoms with Gasteiger partial charge in [0.2, 0.25) is 10.0 Å². The number of carbonyl (C=O) groups is 1. The van der Waals surface area contributed by atoms with Crippen molar-refractivity contribution in [1.82, 2.24) is 0 Å². The molecule has 0 aliphatic carbocycles. The lowest BCUT2D eigenvalue weighted by Gasteiger charge is -2.08. The Balaban J connectivity index is 1.39. The maximum absolute atomic E-state index is 11.9. The first-order valence-electron chi connectivity index (χ1n) is 8.45. The molecule has 3 aromatic carbocycles. The van der Waals surface area contributed by atoms with E-state index < -0.39 is 10.0 Å². The Labute approximate surface area is 167 Å². The fourth-order valence-corrected chi connectivity index (χ4v) is 3.74. The Bertz CT molecular complexity index is 1070. The van der Waals surface area contributed by atoms with Crippen molar-refractivity contribution in [1.29, 1.82) is 0 Å². The zero-order valence-corrected chi connectivity index (χ0v) is 16.5. The minimum atomic E-state index is -3.72. The summed E-state index contributed by atoms with van der Waals surface area (Å²) >= 11 is 1.42. The minimum absolute atomic E-state index is 0.0111. The van der Waals surface area contributed by atoms with Crippen LogP contribution in [0.3, 0.4) is 0 Å². The van der Waals surface area contributed by atoms with E-state index in [4.69, 9.17) is 14.6 Å². The van der Waals surface area contributed by atoms with Gasteiger partial charge in [-0.1, -0.05) is 30.3 Å². The highest BCUT2D eigenvalue weighted by molar-refractivity contribution is 8.00. The second-order valence-electron chi connectivity index (χ2n) is 5.88. The zero-order valence-electron chi connectivity index (χ0n) is 14.9. The fraction of sp³-hybridized carbons (Fsp3) is 0.150. The third-order valence-electron chi connectivity index (χ3n) is 3.84. The van der Waals surface area contributed by atoms with Crippen LogP contribution in [0.1, 0.15) is 0 Å². The van der Waals surface area contributed by atoms with E-state index in [9.17, 15) is 13.2 Å². The van der Waals surface area contributed by atoms with Crippen molar-refractivity contribution in [2.75, 3.05) is 19.0 Å². The maximum Gasteiger partial charge on any atom is 0.316 e. The van der Waals surface area contributed by atoms with Crippen molar-refractivity contribution < 1.29 is 22.7 Å². The molecule has 0 fully saturated rings. The highest BCUT2D eigenvalue weighted by Gasteiger charge is 2.08. The van der Waals surface area contributed by atoms with E-state index in [-0.39, 0.29) is 29.8 Å². The van der Waals surface area contributed by atoms with E-state index in [2.05, 4.69) is 0 Å². The lowest BCUT2D eigenvalue weighted by atomic mass is 10.1. The molecule has 0 radical (unpaired) electrons. The van der Waals surface area contributed by atoms with Crippen molar-refractivity contribution in [3.63, 3.8) is 0 Å². The van der Waals surface area contributed by atoms with Crippen LogP contribution in [-0.4, -0.2) is 33.4 Å². The number of fused-ring (bicyclic) bond motifs is 1. The van der Waals surface area contributed by atoms with Gasteiger partial charge in [0.1, 0.15) is 19.0 Å². The molecule has 0 bridgehead atoms.